The van der Waals surface area contributed by atoms with Gasteiger partial charge in [0.05, 0.1) is 17.6 Å². The molecule has 1 heterocycles. The van der Waals surface area contributed by atoms with Gasteiger partial charge in [0.1, 0.15) is 0 Å². The molecule has 1 aromatic heterocycles. The summed E-state index contributed by atoms with van der Waals surface area (Å²) >= 11 is 0. The number of hydrogen-bond acceptors (Lipinski definition) is 4. The first-order chi connectivity index (χ1) is 14.4. The van der Waals surface area contributed by atoms with E-state index in [4.69, 9.17) is 0 Å². The summed E-state index contributed by atoms with van der Waals surface area (Å²) in [5.41, 5.74) is 2.52. The number of amides is 1. The first-order valence-electron chi connectivity index (χ1n) is 9.84. The van der Waals surface area contributed by atoms with Gasteiger partial charge in [0.2, 0.25) is 10.0 Å². The minimum atomic E-state index is -3.52. The summed E-state index contributed by atoms with van der Waals surface area (Å²) in [5.74, 6) is -0.176. The molecule has 4 rings (SSSR count). The Balaban J connectivity index is 1.38. The molecule has 3 aromatic rings. The van der Waals surface area contributed by atoms with Crippen LogP contribution in [0.5, 0.6) is 0 Å². The van der Waals surface area contributed by atoms with E-state index in [1.54, 1.807) is 30.3 Å². The molecule has 0 aliphatic heterocycles. The number of rotatable bonds is 8. The van der Waals surface area contributed by atoms with Crippen molar-refractivity contribution in [3.63, 3.8) is 0 Å². The van der Waals surface area contributed by atoms with Gasteiger partial charge in [0.15, 0.2) is 0 Å². The number of aromatic nitrogens is 2. The molecule has 8 heteroatoms. The van der Waals surface area contributed by atoms with E-state index in [2.05, 4.69) is 9.82 Å². The Hall–Kier alpha value is -2.97. The second-order valence-corrected chi connectivity index (χ2v) is 9.33. The van der Waals surface area contributed by atoms with E-state index in [1.807, 2.05) is 41.2 Å². The monoisotopic (exact) mass is 424 g/mol. The smallest absolute Gasteiger partial charge is 0.253 e. The summed E-state index contributed by atoms with van der Waals surface area (Å²) in [6.07, 6.45) is 5.44. The largest absolute Gasteiger partial charge is 0.337 e. The maximum atomic E-state index is 12.7. The van der Waals surface area contributed by atoms with Crippen LogP contribution in [-0.2, 0) is 23.1 Å². The Kier molecular flexibility index (Phi) is 5.69. The van der Waals surface area contributed by atoms with Crippen LogP contribution < -0.4 is 4.72 Å². The minimum Gasteiger partial charge on any atom is -0.337 e. The summed E-state index contributed by atoms with van der Waals surface area (Å²) in [5, 5.41) is 4.37. The average molecular weight is 425 g/mol. The summed E-state index contributed by atoms with van der Waals surface area (Å²) < 4.78 is 29.0. The Morgan fingerprint density at radius 1 is 1.10 bits per heavy atom. The van der Waals surface area contributed by atoms with Crippen molar-refractivity contribution >= 4 is 15.9 Å². The lowest BCUT2D eigenvalue weighted by Gasteiger charge is -2.16. The third-order valence-corrected chi connectivity index (χ3v) is 6.49. The molecule has 1 fully saturated rings. The van der Waals surface area contributed by atoms with Gasteiger partial charge < -0.3 is 4.90 Å². The lowest BCUT2D eigenvalue weighted by molar-refractivity contribution is 0.0785. The number of nitrogens with one attached hydrogen (secondary N) is 1. The lowest BCUT2D eigenvalue weighted by Crippen LogP contribution is -2.27. The molecule has 1 N–H and O–H groups in total. The summed E-state index contributed by atoms with van der Waals surface area (Å²) in [6.45, 7) is 1.08. The number of carbonyl (C=O) groups excluding carboxylic acids is 1. The normalized spacial score (nSPS) is 13.9. The topological polar surface area (TPSA) is 84.3 Å². The second-order valence-electron chi connectivity index (χ2n) is 7.61. The molecular weight excluding hydrogens is 400 g/mol. The quantitative estimate of drug-likeness (QED) is 0.603. The highest BCUT2D eigenvalue weighted by atomic mass is 32.2. The number of hydrogen-bond donors (Lipinski definition) is 1. The Labute approximate surface area is 176 Å². The van der Waals surface area contributed by atoms with Crippen molar-refractivity contribution in [1.82, 2.24) is 19.4 Å². The van der Waals surface area contributed by atoms with Gasteiger partial charge in [0, 0.05) is 37.0 Å². The van der Waals surface area contributed by atoms with E-state index in [-0.39, 0.29) is 16.8 Å². The van der Waals surface area contributed by atoms with E-state index in [0.717, 1.165) is 24.0 Å². The van der Waals surface area contributed by atoms with Crippen molar-refractivity contribution < 1.29 is 13.2 Å². The maximum Gasteiger partial charge on any atom is 0.253 e. The second kappa shape index (κ2) is 8.41. The van der Waals surface area contributed by atoms with Crippen molar-refractivity contribution in [3.05, 3.63) is 83.7 Å². The third kappa shape index (κ3) is 4.95. The molecular formula is C22H24N4O3S. The van der Waals surface area contributed by atoms with Gasteiger partial charge in [-0.1, -0.05) is 30.3 Å². The Morgan fingerprint density at radius 2 is 1.80 bits per heavy atom. The van der Waals surface area contributed by atoms with Crippen molar-refractivity contribution in [3.8, 4) is 0 Å². The molecule has 1 aliphatic rings. The molecule has 0 radical (unpaired) electrons. The molecule has 156 valence electrons. The Morgan fingerprint density at radius 3 is 2.47 bits per heavy atom. The van der Waals surface area contributed by atoms with Crippen LogP contribution >= 0.6 is 0 Å². The summed E-state index contributed by atoms with van der Waals surface area (Å²) in [6, 6.07) is 16.2. The molecule has 0 spiro atoms. The average Bonchev–Trinajstić information content (AvgIpc) is 3.44. The Bertz CT molecular complexity index is 1120. The zero-order valence-electron chi connectivity index (χ0n) is 16.7. The molecule has 0 unspecified atom stereocenters. The van der Waals surface area contributed by atoms with Crippen LogP contribution in [0.25, 0.3) is 0 Å². The van der Waals surface area contributed by atoms with Crippen molar-refractivity contribution in [2.75, 3.05) is 7.05 Å². The van der Waals surface area contributed by atoms with Gasteiger partial charge in [-0.15, -0.1) is 0 Å². The molecule has 0 saturated heterocycles. The predicted molar refractivity (Wildman–Crippen MR) is 113 cm³/mol. The van der Waals surface area contributed by atoms with E-state index >= 15 is 0 Å². The van der Waals surface area contributed by atoms with Crippen LogP contribution in [-0.4, -0.2) is 42.1 Å². The summed E-state index contributed by atoms with van der Waals surface area (Å²) in [7, 11) is -1.80. The molecule has 2 aromatic carbocycles. The number of nitrogens with zero attached hydrogens (tertiary/aromatic N) is 3. The van der Waals surface area contributed by atoms with E-state index in [9.17, 15) is 13.2 Å². The molecule has 7 nitrogen and oxygen atoms in total. The molecule has 1 aliphatic carbocycles. The SMILES string of the molecule is CN(Cc1cnn(Cc2ccccc2)c1)C(=O)c1ccc(S(=O)(=O)NC2CC2)cc1. The summed E-state index contributed by atoms with van der Waals surface area (Å²) in [4.78, 5) is 14.5. The maximum absolute atomic E-state index is 12.7. The molecule has 30 heavy (non-hydrogen) atoms. The fraction of sp³-hybridized carbons (Fsp3) is 0.273. The minimum absolute atomic E-state index is 0.0465. The van der Waals surface area contributed by atoms with Gasteiger partial charge in [-0.2, -0.15) is 5.10 Å². The van der Waals surface area contributed by atoms with Crippen LogP contribution in [0.3, 0.4) is 0 Å². The molecule has 0 atom stereocenters. The fourth-order valence-electron chi connectivity index (χ4n) is 3.18. The van der Waals surface area contributed by atoms with Gasteiger partial charge >= 0.3 is 0 Å². The molecule has 1 saturated carbocycles. The van der Waals surface area contributed by atoms with Crippen molar-refractivity contribution in [2.24, 2.45) is 0 Å². The first-order valence-corrected chi connectivity index (χ1v) is 11.3. The van der Waals surface area contributed by atoms with Crippen LogP contribution in [0.1, 0.15) is 34.3 Å². The highest BCUT2D eigenvalue weighted by molar-refractivity contribution is 7.89. The number of sulfonamides is 1. The zero-order chi connectivity index (χ0) is 21.1. The van der Waals surface area contributed by atoms with Gasteiger partial charge in [-0.05, 0) is 42.7 Å². The van der Waals surface area contributed by atoms with Crippen LogP contribution in [0, 0.1) is 0 Å². The van der Waals surface area contributed by atoms with Gasteiger partial charge in [-0.3, -0.25) is 9.48 Å². The molecule has 1 amide bonds. The van der Waals surface area contributed by atoms with Crippen LogP contribution in [0.4, 0.5) is 0 Å². The fourth-order valence-corrected chi connectivity index (χ4v) is 4.48. The van der Waals surface area contributed by atoms with Crippen molar-refractivity contribution in [1.29, 1.82) is 0 Å². The third-order valence-electron chi connectivity index (χ3n) is 4.95. The van der Waals surface area contributed by atoms with Crippen LogP contribution in [0.2, 0.25) is 0 Å². The predicted octanol–water partition coefficient (Wildman–Crippen LogP) is 2.64. The van der Waals surface area contributed by atoms with Gasteiger partial charge in [0.25, 0.3) is 5.91 Å². The van der Waals surface area contributed by atoms with E-state index in [0.29, 0.717) is 18.7 Å². The van der Waals surface area contributed by atoms with E-state index < -0.39 is 10.0 Å². The molecule has 0 bridgehead atoms. The highest BCUT2D eigenvalue weighted by Crippen LogP contribution is 2.22. The zero-order valence-corrected chi connectivity index (χ0v) is 17.5. The number of benzene rings is 2. The van der Waals surface area contributed by atoms with Gasteiger partial charge in [-0.25, -0.2) is 13.1 Å². The first kappa shape index (κ1) is 20.3. The lowest BCUT2D eigenvalue weighted by atomic mass is 10.2. The standard InChI is InChI=1S/C22H24N4O3S/c1-25(14-18-13-23-26(16-18)15-17-5-3-2-4-6-17)22(27)19-7-11-21(12-8-19)30(28,29)24-20-9-10-20/h2-8,11-13,16,20,24H,9-10,14-15H2,1H3. The highest BCUT2D eigenvalue weighted by Gasteiger charge is 2.28. The number of carbonyl (C=O) groups is 1. The van der Waals surface area contributed by atoms with Crippen LogP contribution in [0.15, 0.2) is 71.9 Å². The van der Waals surface area contributed by atoms with E-state index in [1.165, 1.54) is 12.1 Å². The van der Waals surface area contributed by atoms with Crippen molar-refractivity contribution in [2.45, 2.75) is 36.9 Å².